The molecule has 23 heavy (non-hydrogen) atoms. The Morgan fingerprint density at radius 1 is 1.09 bits per heavy atom. The Labute approximate surface area is 136 Å². The van der Waals surface area contributed by atoms with E-state index in [-0.39, 0.29) is 6.04 Å². The Kier molecular flexibility index (Phi) is 6.00. The number of urea groups is 1. The molecule has 2 aromatic carbocycles. The van der Waals surface area contributed by atoms with E-state index in [2.05, 4.69) is 5.32 Å². The molecule has 2 rings (SSSR count). The van der Waals surface area contributed by atoms with Crippen molar-refractivity contribution in [3.8, 4) is 11.5 Å². The summed E-state index contributed by atoms with van der Waals surface area (Å²) in [5.74, 6) is 1.19. The van der Waals surface area contributed by atoms with Crippen LogP contribution in [0.3, 0.4) is 0 Å². The molecule has 0 bridgehead atoms. The topological polar surface area (TPSA) is 61.8 Å². The van der Waals surface area contributed by atoms with Gasteiger partial charge in [0.05, 0.1) is 11.7 Å². The van der Waals surface area contributed by atoms with Gasteiger partial charge in [0, 0.05) is 0 Å². The third-order valence-corrected chi connectivity index (χ3v) is 3.60. The van der Waals surface area contributed by atoms with E-state index in [1.54, 1.807) is 18.2 Å². The van der Waals surface area contributed by atoms with Crippen molar-refractivity contribution in [3.05, 3.63) is 54.6 Å². The average Bonchev–Trinajstić information content (AvgIpc) is 2.58. The Hall–Kier alpha value is -2.53. The lowest BCUT2D eigenvalue weighted by molar-refractivity contribution is -0.0747. The fraction of sp³-hybridized carbons (Fsp3) is 0.278. The van der Waals surface area contributed by atoms with E-state index >= 15 is 0 Å². The Balaban J connectivity index is 2.13. The van der Waals surface area contributed by atoms with Gasteiger partial charge in [-0.3, -0.25) is 5.21 Å². The summed E-state index contributed by atoms with van der Waals surface area (Å²) < 4.78 is 5.79. The second-order valence-electron chi connectivity index (χ2n) is 5.16. The molecule has 0 aromatic heterocycles. The molecule has 0 aliphatic heterocycles. The number of nitrogens with one attached hydrogen (secondary N) is 1. The number of benzene rings is 2. The second-order valence-corrected chi connectivity index (χ2v) is 5.16. The van der Waals surface area contributed by atoms with Gasteiger partial charge in [-0.2, -0.15) is 0 Å². The normalized spacial score (nSPS) is 10.4. The molecule has 0 aliphatic carbocycles. The van der Waals surface area contributed by atoms with E-state index in [1.165, 1.54) is 0 Å². The van der Waals surface area contributed by atoms with Crippen LogP contribution >= 0.6 is 0 Å². The van der Waals surface area contributed by atoms with Crippen molar-refractivity contribution in [2.45, 2.75) is 32.7 Å². The molecule has 0 saturated carbocycles. The van der Waals surface area contributed by atoms with Crippen molar-refractivity contribution < 1.29 is 14.7 Å². The van der Waals surface area contributed by atoms with Gasteiger partial charge in [0.15, 0.2) is 5.75 Å². The van der Waals surface area contributed by atoms with Crippen molar-refractivity contribution in [1.82, 2.24) is 5.06 Å². The lowest BCUT2D eigenvalue weighted by Gasteiger charge is -2.24. The summed E-state index contributed by atoms with van der Waals surface area (Å²) in [6.07, 6.45) is 1.37. The van der Waals surface area contributed by atoms with Gasteiger partial charge in [-0.05, 0) is 37.1 Å². The fourth-order valence-electron chi connectivity index (χ4n) is 2.25. The first-order chi connectivity index (χ1) is 11.2. The minimum absolute atomic E-state index is 0.211. The number of carbonyl (C=O) groups is 1. The molecule has 0 spiro atoms. The number of hydrogen-bond acceptors (Lipinski definition) is 3. The smallest absolute Gasteiger partial charge is 0.345 e. The molecule has 0 unspecified atom stereocenters. The molecule has 0 radical (unpaired) electrons. The summed E-state index contributed by atoms with van der Waals surface area (Å²) in [5.41, 5.74) is 0.506. The van der Waals surface area contributed by atoms with E-state index in [1.807, 2.05) is 50.2 Å². The van der Waals surface area contributed by atoms with E-state index in [0.29, 0.717) is 30.0 Å². The standard InChI is InChI=1S/C18H22N2O3/c1-3-14(4-2)20(22)18(21)19-16-12-8-9-13-17(16)23-15-10-6-5-7-11-15/h5-14,22H,3-4H2,1-2H3,(H,19,21). The van der Waals surface area contributed by atoms with Crippen molar-refractivity contribution >= 4 is 11.7 Å². The number of rotatable bonds is 6. The molecule has 2 amide bonds. The highest BCUT2D eigenvalue weighted by molar-refractivity contribution is 5.90. The molecule has 5 nitrogen and oxygen atoms in total. The summed E-state index contributed by atoms with van der Waals surface area (Å²) in [7, 11) is 0. The van der Waals surface area contributed by atoms with Gasteiger partial charge < -0.3 is 10.1 Å². The zero-order valence-electron chi connectivity index (χ0n) is 13.4. The van der Waals surface area contributed by atoms with E-state index in [4.69, 9.17) is 4.74 Å². The first-order valence-electron chi connectivity index (χ1n) is 7.76. The van der Waals surface area contributed by atoms with Gasteiger partial charge in [-0.15, -0.1) is 0 Å². The molecular weight excluding hydrogens is 292 g/mol. The number of amides is 2. The van der Waals surface area contributed by atoms with Crippen LogP contribution in [0.4, 0.5) is 10.5 Å². The molecule has 2 N–H and O–H groups in total. The van der Waals surface area contributed by atoms with Crippen LogP contribution in [-0.2, 0) is 0 Å². The summed E-state index contributed by atoms with van der Waals surface area (Å²) in [6, 6.07) is 15.7. The Morgan fingerprint density at radius 2 is 1.70 bits per heavy atom. The lowest BCUT2D eigenvalue weighted by Crippen LogP contribution is -2.39. The number of nitrogens with zero attached hydrogens (tertiary/aromatic N) is 1. The lowest BCUT2D eigenvalue weighted by atomic mass is 10.2. The van der Waals surface area contributed by atoms with Crippen LogP contribution < -0.4 is 10.1 Å². The second kappa shape index (κ2) is 8.19. The minimum atomic E-state index is -0.567. The molecule has 0 aliphatic rings. The summed E-state index contributed by atoms with van der Waals surface area (Å²) in [6.45, 7) is 3.86. The third kappa shape index (κ3) is 4.47. The van der Waals surface area contributed by atoms with Crippen LogP contribution in [0.25, 0.3) is 0 Å². The van der Waals surface area contributed by atoms with E-state index in [9.17, 15) is 10.0 Å². The highest BCUT2D eigenvalue weighted by Crippen LogP contribution is 2.29. The SMILES string of the molecule is CCC(CC)N(O)C(=O)Nc1ccccc1Oc1ccccc1. The van der Waals surface area contributed by atoms with Gasteiger partial charge in [0.1, 0.15) is 5.75 Å². The van der Waals surface area contributed by atoms with Gasteiger partial charge in [-0.1, -0.05) is 44.2 Å². The fourth-order valence-corrected chi connectivity index (χ4v) is 2.25. The van der Waals surface area contributed by atoms with E-state index in [0.717, 1.165) is 5.06 Å². The maximum absolute atomic E-state index is 12.2. The number of hydrogen-bond donors (Lipinski definition) is 2. The number of carbonyl (C=O) groups excluding carboxylic acids is 1. The first kappa shape index (κ1) is 16.8. The third-order valence-electron chi connectivity index (χ3n) is 3.60. The Morgan fingerprint density at radius 3 is 2.35 bits per heavy atom. The van der Waals surface area contributed by atoms with Crippen LogP contribution in [0.1, 0.15) is 26.7 Å². The Bertz CT molecular complexity index is 627. The van der Waals surface area contributed by atoms with Crippen LogP contribution in [0.2, 0.25) is 0 Å². The maximum atomic E-state index is 12.2. The van der Waals surface area contributed by atoms with Gasteiger partial charge in [0.25, 0.3) is 0 Å². The zero-order chi connectivity index (χ0) is 16.7. The van der Waals surface area contributed by atoms with Gasteiger partial charge in [-0.25, -0.2) is 9.86 Å². The van der Waals surface area contributed by atoms with Crippen LogP contribution in [0, 0.1) is 0 Å². The number of hydroxylamine groups is 2. The predicted octanol–water partition coefficient (Wildman–Crippen LogP) is 4.89. The molecule has 0 heterocycles. The van der Waals surface area contributed by atoms with Crippen LogP contribution in [-0.4, -0.2) is 22.3 Å². The van der Waals surface area contributed by atoms with Gasteiger partial charge >= 0.3 is 6.03 Å². The first-order valence-corrected chi connectivity index (χ1v) is 7.76. The molecule has 2 aromatic rings. The number of para-hydroxylation sites is 3. The van der Waals surface area contributed by atoms with E-state index < -0.39 is 6.03 Å². The predicted molar refractivity (Wildman–Crippen MR) is 90.0 cm³/mol. The molecule has 0 atom stereocenters. The monoisotopic (exact) mass is 314 g/mol. The molecule has 5 heteroatoms. The van der Waals surface area contributed by atoms with Crippen molar-refractivity contribution in [1.29, 1.82) is 0 Å². The van der Waals surface area contributed by atoms with Crippen molar-refractivity contribution in [3.63, 3.8) is 0 Å². The largest absolute Gasteiger partial charge is 0.455 e. The maximum Gasteiger partial charge on any atom is 0.345 e. The van der Waals surface area contributed by atoms with Gasteiger partial charge in [0.2, 0.25) is 0 Å². The number of ether oxygens (including phenoxy) is 1. The minimum Gasteiger partial charge on any atom is -0.455 e. The molecular formula is C18H22N2O3. The quantitative estimate of drug-likeness (QED) is 0.589. The summed E-state index contributed by atoms with van der Waals surface area (Å²) >= 11 is 0. The summed E-state index contributed by atoms with van der Waals surface area (Å²) in [5, 5.41) is 13.4. The zero-order valence-corrected chi connectivity index (χ0v) is 13.4. The molecule has 0 fully saturated rings. The number of anilines is 1. The van der Waals surface area contributed by atoms with Crippen molar-refractivity contribution in [2.75, 3.05) is 5.32 Å². The van der Waals surface area contributed by atoms with Crippen LogP contribution in [0.5, 0.6) is 11.5 Å². The molecule has 122 valence electrons. The highest BCUT2D eigenvalue weighted by atomic mass is 16.5. The van der Waals surface area contributed by atoms with Crippen molar-refractivity contribution in [2.24, 2.45) is 0 Å². The van der Waals surface area contributed by atoms with Crippen LogP contribution in [0.15, 0.2) is 54.6 Å². The summed E-state index contributed by atoms with van der Waals surface area (Å²) in [4.78, 5) is 12.2. The molecule has 0 saturated heterocycles. The highest BCUT2D eigenvalue weighted by Gasteiger charge is 2.20. The average molecular weight is 314 g/mol.